The maximum Gasteiger partial charge on any atom is 0.122 e. The molecule has 0 saturated carbocycles. The first-order valence-corrected chi connectivity index (χ1v) is 4.00. The number of ether oxygens (including phenoxy) is 1. The van der Waals surface area contributed by atoms with Crippen molar-refractivity contribution in [3.63, 3.8) is 0 Å². The van der Waals surface area contributed by atoms with Crippen LogP contribution in [0.3, 0.4) is 0 Å². The van der Waals surface area contributed by atoms with Crippen LogP contribution in [0.25, 0.3) is 0 Å². The molecule has 1 heterocycles. The van der Waals surface area contributed by atoms with Crippen LogP contribution in [0.15, 0.2) is 35.6 Å². The van der Waals surface area contributed by atoms with E-state index in [4.69, 9.17) is 4.74 Å². The molecule has 1 fully saturated rings. The van der Waals surface area contributed by atoms with Crippen molar-refractivity contribution in [2.75, 3.05) is 6.61 Å². The molecule has 1 rings (SSSR count). The fourth-order valence-electron chi connectivity index (χ4n) is 1.11. The van der Waals surface area contributed by atoms with E-state index in [9.17, 15) is 0 Å². The maximum atomic E-state index is 5.40. The molecule has 0 spiro atoms. The molecule has 1 saturated heterocycles. The van der Waals surface area contributed by atoms with Crippen molar-refractivity contribution in [2.24, 2.45) is 0 Å². The Morgan fingerprint density at radius 3 is 2.82 bits per heavy atom. The Morgan fingerprint density at radius 1 is 1.36 bits per heavy atom. The van der Waals surface area contributed by atoms with Gasteiger partial charge in [0.05, 0.1) is 6.61 Å². The van der Waals surface area contributed by atoms with E-state index in [1.807, 2.05) is 32.1 Å². The second-order valence-electron chi connectivity index (χ2n) is 2.47. The van der Waals surface area contributed by atoms with Gasteiger partial charge in [-0.1, -0.05) is 18.2 Å². The molecule has 0 unspecified atom stereocenters. The summed E-state index contributed by atoms with van der Waals surface area (Å²) in [6.07, 6.45) is 9.19. The minimum absolute atomic E-state index is 0.836. The van der Waals surface area contributed by atoms with Gasteiger partial charge < -0.3 is 4.74 Å². The molecule has 0 atom stereocenters. The first kappa shape index (κ1) is 8.12. The highest BCUT2D eigenvalue weighted by atomic mass is 16.5. The van der Waals surface area contributed by atoms with E-state index in [0.29, 0.717) is 0 Å². The zero-order valence-corrected chi connectivity index (χ0v) is 7.13. The van der Waals surface area contributed by atoms with Crippen LogP contribution in [-0.4, -0.2) is 6.61 Å². The Bertz CT molecular complexity index is 209. The molecular formula is C10H14O. The van der Waals surface area contributed by atoms with E-state index in [1.165, 1.54) is 5.57 Å². The lowest BCUT2D eigenvalue weighted by atomic mass is 10.2. The smallest absolute Gasteiger partial charge is 0.122 e. The third-order valence-electron chi connectivity index (χ3n) is 1.73. The molecule has 0 aliphatic carbocycles. The van der Waals surface area contributed by atoms with E-state index in [-0.39, 0.29) is 0 Å². The molecule has 11 heavy (non-hydrogen) atoms. The summed E-state index contributed by atoms with van der Waals surface area (Å²) in [6.45, 7) is 4.89. The number of allylic oxidation sites excluding steroid dienone is 5. The Hall–Kier alpha value is -0.980. The predicted molar refractivity (Wildman–Crippen MR) is 47.2 cm³/mol. The van der Waals surface area contributed by atoms with E-state index in [2.05, 4.69) is 6.08 Å². The van der Waals surface area contributed by atoms with Crippen molar-refractivity contribution < 1.29 is 4.74 Å². The van der Waals surface area contributed by atoms with Gasteiger partial charge in [-0.3, -0.25) is 0 Å². The van der Waals surface area contributed by atoms with Crippen LogP contribution in [0.4, 0.5) is 0 Å². The lowest BCUT2D eigenvalue weighted by molar-refractivity contribution is 0.266. The minimum Gasteiger partial charge on any atom is -0.493 e. The van der Waals surface area contributed by atoms with Gasteiger partial charge in [0.15, 0.2) is 0 Å². The van der Waals surface area contributed by atoms with Gasteiger partial charge in [-0.15, -0.1) is 0 Å². The molecule has 0 radical (unpaired) electrons. The number of rotatable bonds is 1. The summed E-state index contributed by atoms with van der Waals surface area (Å²) < 4.78 is 5.40. The summed E-state index contributed by atoms with van der Waals surface area (Å²) in [4.78, 5) is 0. The summed E-state index contributed by atoms with van der Waals surface area (Å²) in [7, 11) is 0. The van der Waals surface area contributed by atoms with E-state index in [0.717, 1.165) is 18.8 Å². The summed E-state index contributed by atoms with van der Waals surface area (Å²) in [6, 6.07) is 0. The van der Waals surface area contributed by atoms with E-state index >= 15 is 0 Å². The average molecular weight is 150 g/mol. The molecule has 0 N–H and O–H groups in total. The maximum absolute atomic E-state index is 5.40. The van der Waals surface area contributed by atoms with Gasteiger partial charge in [-0.2, -0.15) is 0 Å². The zero-order valence-electron chi connectivity index (χ0n) is 7.13. The van der Waals surface area contributed by atoms with E-state index in [1.54, 1.807) is 0 Å². The molecule has 0 aromatic rings. The van der Waals surface area contributed by atoms with Crippen molar-refractivity contribution >= 4 is 0 Å². The van der Waals surface area contributed by atoms with Crippen LogP contribution in [0.5, 0.6) is 0 Å². The van der Waals surface area contributed by atoms with Crippen molar-refractivity contribution in [2.45, 2.75) is 20.3 Å². The fraction of sp³-hybridized carbons (Fsp3) is 0.400. The molecule has 1 heteroatoms. The highest BCUT2D eigenvalue weighted by molar-refractivity contribution is 5.31. The largest absolute Gasteiger partial charge is 0.493 e. The van der Waals surface area contributed by atoms with Crippen LogP contribution >= 0.6 is 0 Å². The summed E-state index contributed by atoms with van der Waals surface area (Å²) >= 11 is 0. The van der Waals surface area contributed by atoms with Crippen LogP contribution in [0.1, 0.15) is 20.3 Å². The SMILES string of the molecule is C\C=C/C=C1/OCC/C1=C/C. The first-order chi connectivity index (χ1) is 5.38. The van der Waals surface area contributed by atoms with Gasteiger partial charge in [0.1, 0.15) is 5.76 Å². The molecule has 0 aromatic carbocycles. The Balaban J connectivity index is 2.71. The van der Waals surface area contributed by atoms with Gasteiger partial charge in [0.2, 0.25) is 0 Å². The monoisotopic (exact) mass is 150 g/mol. The molecule has 1 nitrogen and oxygen atoms in total. The normalized spacial score (nSPS) is 25.3. The van der Waals surface area contributed by atoms with Gasteiger partial charge in [-0.05, 0) is 25.5 Å². The number of hydrogen-bond acceptors (Lipinski definition) is 1. The summed E-state index contributed by atoms with van der Waals surface area (Å²) in [5.41, 5.74) is 1.32. The third kappa shape index (κ3) is 1.97. The van der Waals surface area contributed by atoms with Crippen LogP contribution < -0.4 is 0 Å². The molecule has 60 valence electrons. The van der Waals surface area contributed by atoms with Crippen molar-refractivity contribution in [3.8, 4) is 0 Å². The summed E-state index contributed by atoms with van der Waals surface area (Å²) in [5.74, 6) is 1.03. The lowest BCUT2D eigenvalue weighted by Crippen LogP contribution is -1.78. The topological polar surface area (TPSA) is 9.23 Å². The van der Waals surface area contributed by atoms with Gasteiger partial charge in [0, 0.05) is 6.42 Å². The third-order valence-corrected chi connectivity index (χ3v) is 1.73. The van der Waals surface area contributed by atoms with Crippen molar-refractivity contribution in [3.05, 3.63) is 35.6 Å². The second-order valence-corrected chi connectivity index (χ2v) is 2.47. The highest BCUT2D eigenvalue weighted by Gasteiger charge is 2.11. The van der Waals surface area contributed by atoms with E-state index < -0.39 is 0 Å². The van der Waals surface area contributed by atoms with Crippen molar-refractivity contribution in [1.29, 1.82) is 0 Å². The average Bonchev–Trinajstić information content (AvgIpc) is 2.47. The zero-order chi connectivity index (χ0) is 8.10. The number of hydrogen-bond donors (Lipinski definition) is 0. The minimum atomic E-state index is 0.836. The Morgan fingerprint density at radius 2 is 2.18 bits per heavy atom. The fourth-order valence-corrected chi connectivity index (χ4v) is 1.11. The molecule has 0 bridgehead atoms. The molecular weight excluding hydrogens is 136 g/mol. The van der Waals surface area contributed by atoms with Crippen LogP contribution in [0, 0.1) is 0 Å². The Labute approximate surface area is 68.1 Å². The summed E-state index contributed by atoms with van der Waals surface area (Å²) in [5, 5.41) is 0. The molecule has 1 aliphatic rings. The molecule has 0 amide bonds. The van der Waals surface area contributed by atoms with Gasteiger partial charge in [-0.25, -0.2) is 0 Å². The highest BCUT2D eigenvalue weighted by Crippen LogP contribution is 2.23. The molecule has 1 aliphatic heterocycles. The second kappa shape index (κ2) is 4.02. The lowest BCUT2D eigenvalue weighted by Gasteiger charge is -1.96. The predicted octanol–water partition coefficient (Wildman–Crippen LogP) is 2.81. The van der Waals surface area contributed by atoms with Crippen molar-refractivity contribution in [1.82, 2.24) is 0 Å². The molecule has 0 aromatic heterocycles. The first-order valence-electron chi connectivity index (χ1n) is 4.00. The van der Waals surface area contributed by atoms with Crippen LogP contribution in [0.2, 0.25) is 0 Å². The standard InChI is InChI=1S/C10H14O/c1-3-5-6-10-9(4-2)7-8-11-10/h3-6H,7-8H2,1-2H3/b5-3-,9-4-,10-6+. The Kier molecular flexibility index (Phi) is 2.96. The van der Waals surface area contributed by atoms with Crippen LogP contribution in [-0.2, 0) is 4.74 Å². The van der Waals surface area contributed by atoms with Gasteiger partial charge >= 0.3 is 0 Å². The van der Waals surface area contributed by atoms with Gasteiger partial charge in [0.25, 0.3) is 0 Å². The quantitative estimate of drug-likeness (QED) is 0.558.